The van der Waals surface area contributed by atoms with Gasteiger partial charge in [-0.25, -0.2) is 9.59 Å². The maximum absolute atomic E-state index is 12.1. The molecule has 2 rings (SSSR count). The van der Waals surface area contributed by atoms with Crippen LogP contribution in [-0.4, -0.2) is 34.5 Å². The third-order valence-corrected chi connectivity index (χ3v) is 3.64. The van der Waals surface area contributed by atoms with Crippen LogP contribution in [0.25, 0.3) is 0 Å². The minimum absolute atomic E-state index is 0.0870. The topological polar surface area (TPSA) is 85.2 Å². The average molecular weight is 333 g/mol. The van der Waals surface area contributed by atoms with Crippen molar-refractivity contribution >= 4 is 17.7 Å². The van der Waals surface area contributed by atoms with E-state index >= 15 is 0 Å². The van der Waals surface area contributed by atoms with E-state index in [4.69, 9.17) is 9.57 Å². The number of carbonyl (C=O) groups is 2. The SMILES string of the molecule is C[C@H]1C[C@@H]1/C(=N/OC(=O)c1ccccc1)C(O)C(=O)OC(C)(C)C. The number of rotatable bonds is 5. The van der Waals surface area contributed by atoms with Gasteiger partial charge in [0.25, 0.3) is 0 Å². The highest BCUT2D eigenvalue weighted by Crippen LogP contribution is 2.40. The Hall–Kier alpha value is -2.21. The molecule has 1 unspecified atom stereocenters. The molecule has 1 aliphatic rings. The molecule has 130 valence electrons. The Bertz CT molecular complexity index is 633. The molecule has 1 fully saturated rings. The van der Waals surface area contributed by atoms with E-state index in [2.05, 4.69) is 5.16 Å². The van der Waals surface area contributed by atoms with E-state index in [9.17, 15) is 14.7 Å². The molecule has 24 heavy (non-hydrogen) atoms. The lowest BCUT2D eigenvalue weighted by Crippen LogP contribution is -2.38. The number of aliphatic hydroxyl groups is 1. The summed E-state index contributed by atoms with van der Waals surface area (Å²) in [5.41, 5.74) is -0.240. The molecule has 6 nitrogen and oxygen atoms in total. The quantitative estimate of drug-likeness (QED) is 0.387. The Morgan fingerprint density at radius 3 is 2.33 bits per heavy atom. The molecule has 3 atom stereocenters. The lowest BCUT2D eigenvalue weighted by Gasteiger charge is -2.22. The van der Waals surface area contributed by atoms with E-state index in [1.807, 2.05) is 6.92 Å². The van der Waals surface area contributed by atoms with Crippen molar-refractivity contribution in [1.29, 1.82) is 0 Å². The first-order chi connectivity index (χ1) is 11.2. The minimum Gasteiger partial charge on any atom is -0.458 e. The second-order valence-corrected chi connectivity index (χ2v) is 7.02. The van der Waals surface area contributed by atoms with Gasteiger partial charge in [-0.3, -0.25) is 0 Å². The van der Waals surface area contributed by atoms with Gasteiger partial charge in [-0.1, -0.05) is 30.3 Å². The molecule has 1 N–H and O–H groups in total. The summed E-state index contributed by atoms with van der Waals surface area (Å²) in [5, 5.41) is 14.0. The summed E-state index contributed by atoms with van der Waals surface area (Å²) in [6.45, 7) is 7.11. The van der Waals surface area contributed by atoms with E-state index in [0.29, 0.717) is 5.56 Å². The first kappa shape index (κ1) is 18.1. The predicted octanol–water partition coefficient (Wildman–Crippen LogP) is 2.56. The van der Waals surface area contributed by atoms with Crippen LogP contribution in [0.3, 0.4) is 0 Å². The van der Waals surface area contributed by atoms with Crippen molar-refractivity contribution in [3.05, 3.63) is 35.9 Å². The molecule has 0 aliphatic heterocycles. The van der Waals surface area contributed by atoms with E-state index in [-0.39, 0.29) is 17.5 Å². The van der Waals surface area contributed by atoms with Crippen LogP contribution in [0.15, 0.2) is 35.5 Å². The van der Waals surface area contributed by atoms with Gasteiger partial charge < -0.3 is 14.7 Å². The van der Waals surface area contributed by atoms with Crippen molar-refractivity contribution in [2.45, 2.75) is 45.8 Å². The molecule has 0 spiro atoms. The smallest absolute Gasteiger partial charge is 0.365 e. The van der Waals surface area contributed by atoms with Gasteiger partial charge in [0.1, 0.15) is 11.3 Å². The van der Waals surface area contributed by atoms with Gasteiger partial charge in [-0.15, -0.1) is 0 Å². The summed E-state index contributed by atoms with van der Waals surface area (Å²) in [4.78, 5) is 29.0. The Morgan fingerprint density at radius 2 is 1.83 bits per heavy atom. The zero-order valence-electron chi connectivity index (χ0n) is 14.4. The van der Waals surface area contributed by atoms with Crippen molar-refractivity contribution in [1.82, 2.24) is 0 Å². The summed E-state index contributed by atoms with van der Waals surface area (Å²) in [5.74, 6) is -1.25. The molecule has 0 aromatic heterocycles. The molecule has 0 heterocycles. The summed E-state index contributed by atoms with van der Waals surface area (Å²) in [7, 11) is 0. The molecule has 1 aliphatic carbocycles. The molecule has 6 heteroatoms. The number of aliphatic hydroxyl groups excluding tert-OH is 1. The first-order valence-electron chi connectivity index (χ1n) is 7.94. The molecule has 0 radical (unpaired) electrons. The predicted molar refractivity (Wildman–Crippen MR) is 88.4 cm³/mol. The molecular weight excluding hydrogens is 310 g/mol. The third-order valence-electron chi connectivity index (χ3n) is 3.64. The van der Waals surface area contributed by atoms with Gasteiger partial charge in [0.05, 0.1) is 5.56 Å². The minimum atomic E-state index is -1.54. The molecular formula is C18H23NO5. The highest BCUT2D eigenvalue weighted by molar-refractivity contribution is 6.07. The van der Waals surface area contributed by atoms with Crippen molar-refractivity contribution in [3.8, 4) is 0 Å². The number of ether oxygens (including phenoxy) is 1. The maximum Gasteiger partial charge on any atom is 0.365 e. The number of carbonyl (C=O) groups excluding carboxylic acids is 2. The number of benzene rings is 1. The molecule has 0 bridgehead atoms. The van der Waals surface area contributed by atoms with Gasteiger partial charge >= 0.3 is 11.9 Å². The summed E-state index contributed by atoms with van der Waals surface area (Å²) in [6.07, 6.45) is -0.760. The van der Waals surface area contributed by atoms with Gasteiger partial charge in [0.15, 0.2) is 6.10 Å². The first-order valence-corrected chi connectivity index (χ1v) is 7.94. The van der Waals surface area contributed by atoms with Crippen molar-refractivity contribution in [2.24, 2.45) is 17.0 Å². The normalized spacial score (nSPS) is 21.8. The maximum atomic E-state index is 12.1. The van der Waals surface area contributed by atoms with Gasteiger partial charge in [-0.2, -0.15) is 0 Å². The van der Waals surface area contributed by atoms with Crippen LogP contribution in [0.1, 0.15) is 44.5 Å². The Labute approximate surface area is 141 Å². The van der Waals surface area contributed by atoms with Crippen LogP contribution in [0.4, 0.5) is 0 Å². The van der Waals surface area contributed by atoms with Gasteiger partial charge in [0, 0.05) is 5.92 Å². The van der Waals surface area contributed by atoms with Crippen LogP contribution < -0.4 is 0 Å². The molecule has 0 saturated heterocycles. The Balaban J connectivity index is 2.11. The lowest BCUT2D eigenvalue weighted by atomic mass is 10.1. The largest absolute Gasteiger partial charge is 0.458 e. The number of oxime groups is 1. The second-order valence-electron chi connectivity index (χ2n) is 7.02. The number of nitrogens with zero attached hydrogens (tertiary/aromatic N) is 1. The lowest BCUT2D eigenvalue weighted by molar-refractivity contribution is -0.161. The highest BCUT2D eigenvalue weighted by atomic mass is 16.7. The number of esters is 1. The van der Waals surface area contributed by atoms with Crippen LogP contribution >= 0.6 is 0 Å². The van der Waals surface area contributed by atoms with E-state index in [1.165, 1.54) is 0 Å². The van der Waals surface area contributed by atoms with Gasteiger partial charge in [0.2, 0.25) is 0 Å². The van der Waals surface area contributed by atoms with E-state index < -0.39 is 23.6 Å². The zero-order chi connectivity index (χ0) is 17.9. The summed E-state index contributed by atoms with van der Waals surface area (Å²) < 4.78 is 5.17. The molecule has 1 aromatic carbocycles. The Kier molecular flexibility index (Phi) is 5.39. The Morgan fingerprint density at radius 1 is 1.25 bits per heavy atom. The van der Waals surface area contributed by atoms with Crippen LogP contribution in [0.2, 0.25) is 0 Å². The highest BCUT2D eigenvalue weighted by Gasteiger charge is 2.44. The molecule has 1 aromatic rings. The summed E-state index contributed by atoms with van der Waals surface area (Å²) in [6, 6.07) is 8.40. The fraction of sp³-hybridized carbons (Fsp3) is 0.500. The van der Waals surface area contributed by atoms with E-state index in [1.54, 1.807) is 51.1 Å². The number of hydrogen-bond acceptors (Lipinski definition) is 6. The van der Waals surface area contributed by atoms with Crippen molar-refractivity contribution in [3.63, 3.8) is 0 Å². The van der Waals surface area contributed by atoms with Crippen LogP contribution in [0.5, 0.6) is 0 Å². The fourth-order valence-electron chi connectivity index (χ4n) is 2.25. The summed E-state index contributed by atoms with van der Waals surface area (Å²) >= 11 is 0. The zero-order valence-corrected chi connectivity index (χ0v) is 14.4. The van der Waals surface area contributed by atoms with Gasteiger partial charge in [-0.05, 0) is 45.2 Å². The fourth-order valence-corrected chi connectivity index (χ4v) is 2.25. The van der Waals surface area contributed by atoms with Crippen LogP contribution in [-0.2, 0) is 14.4 Å². The standard InChI is InChI=1S/C18H23NO5/c1-11-10-13(11)14(15(20)17(22)23-18(2,3)4)19-24-16(21)12-8-6-5-7-9-12/h5-9,11,13,15,20H,10H2,1-4H3/b19-14-/t11-,13-,15?/m0/s1. The van der Waals surface area contributed by atoms with E-state index in [0.717, 1.165) is 6.42 Å². The van der Waals surface area contributed by atoms with Crippen LogP contribution in [0, 0.1) is 11.8 Å². The molecule has 1 saturated carbocycles. The average Bonchev–Trinajstić information content (AvgIpc) is 3.22. The molecule has 0 amide bonds. The second kappa shape index (κ2) is 7.13. The van der Waals surface area contributed by atoms with Crippen molar-refractivity contribution < 1.29 is 24.3 Å². The monoisotopic (exact) mass is 333 g/mol. The number of hydrogen-bond donors (Lipinski definition) is 1. The van der Waals surface area contributed by atoms with Crippen molar-refractivity contribution in [2.75, 3.05) is 0 Å². The third kappa shape index (κ3) is 4.89.